The molecule has 1 aromatic heterocycles. The second-order valence-electron chi connectivity index (χ2n) is 3.95. The molecular formula is C10H14N2O2. The van der Waals surface area contributed by atoms with Crippen LogP contribution in [-0.4, -0.2) is 20.9 Å². The predicted octanol–water partition coefficient (Wildman–Crippen LogP) is 1.000. The summed E-state index contributed by atoms with van der Waals surface area (Å²) >= 11 is 0. The Morgan fingerprint density at radius 3 is 3.29 bits per heavy atom. The van der Waals surface area contributed by atoms with Crippen molar-refractivity contribution in [2.45, 2.75) is 25.7 Å². The Morgan fingerprint density at radius 2 is 2.57 bits per heavy atom. The molecule has 0 saturated heterocycles. The van der Waals surface area contributed by atoms with Gasteiger partial charge in [0.2, 0.25) is 0 Å². The minimum absolute atomic E-state index is 0.282. The number of fused-ring (bicyclic) bond motifs is 1. The molecule has 0 saturated carbocycles. The van der Waals surface area contributed by atoms with E-state index in [-0.39, 0.29) is 12.3 Å². The van der Waals surface area contributed by atoms with Crippen LogP contribution < -0.4 is 0 Å². The third kappa shape index (κ3) is 1.64. The standard InChI is InChI=1S/C10H14N2O2/c1-12-9-4-7(5-10(13)14)2-3-8(9)6-11-12/h6-7H,2-5H2,1H3,(H,13,14). The Bertz CT molecular complexity index is 357. The van der Waals surface area contributed by atoms with Crippen molar-refractivity contribution in [1.29, 1.82) is 0 Å². The molecule has 0 aliphatic heterocycles. The zero-order valence-corrected chi connectivity index (χ0v) is 8.23. The maximum Gasteiger partial charge on any atom is 0.303 e. The van der Waals surface area contributed by atoms with Crippen molar-refractivity contribution in [1.82, 2.24) is 9.78 Å². The molecule has 2 rings (SSSR count). The van der Waals surface area contributed by atoms with Gasteiger partial charge in [-0.05, 0) is 30.7 Å². The van der Waals surface area contributed by atoms with E-state index in [0.29, 0.717) is 0 Å². The number of aryl methyl sites for hydroxylation is 2. The monoisotopic (exact) mass is 194 g/mol. The average Bonchev–Trinajstić information content (AvgIpc) is 2.47. The number of hydrogen-bond acceptors (Lipinski definition) is 2. The van der Waals surface area contributed by atoms with Crippen LogP contribution in [0.25, 0.3) is 0 Å². The van der Waals surface area contributed by atoms with Crippen LogP contribution in [0.2, 0.25) is 0 Å². The zero-order valence-electron chi connectivity index (χ0n) is 8.23. The van der Waals surface area contributed by atoms with Gasteiger partial charge in [-0.3, -0.25) is 9.48 Å². The van der Waals surface area contributed by atoms with Crippen molar-refractivity contribution in [3.63, 3.8) is 0 Å². The van der Waals surface area contributed by atoms with Crippen LogP contribution in [0.5, 0.6) is 0 Å². The Kier molecular flexibility index (Phi) is 2.27. The number of carbonyl (C=O) groups is 1. The van der Waals surface area contributed by atoms with Crippen molar-refractivity contribution in [2.75, 3.05) is 0 Å². The Morgan fingerprint density at radius 1 is 1.79 bits per heavy atom. The summed E-state index contributed by atoms with van der Waals surface area (Å²) in [5.74, 6) is -0.406. The molecule has 1 unspecified atom stereocenters. The maximum atomic E-state index is 10.6. The van der Waals surface area contributed by atoms with E-state index < -0.39 is 5.97 Å². The van der Waals surface area contributed by atoms with Gasteiger partial charge in [0.05, 0.1) is 6.20 Å². The van der Waals surface area contributed by atoms with E-state index in [2.05, 4.69) is 5.10 Å². The molecule has 0 fully saturated rings. The zero-order chi connectivity index (χ0) is 10.1. The number of carboxylic acids is 1. The van der Waals surface area contributed by atoms with E-state index in [1.165, 1.54) is 11.3 Å². The summed E-state index contributed by atoms with van der Waals surface area (Å²) in [6, 6.07) is 0. The lowest BCUT2D eigenvalue weighted by Crippen LogP contribution is -2.18. The Hall–Kier alpha value is -1.32. The highest BCUT2D eigenvalue weighted by molar-refractivity contribution is 5.67. The fourth-order valence-electron chi connectivity index (χ4n) is 2.14. The first-order valence-electron chi connectivity index (χ1n) is 4.88. The summed E-state index contributed by atoms with van der Waals surface area (Å²) < 4.78 is 1.86. The number of nitrogens with zero attached hydrogens (tertiary/aromatic N) is 2. The van der Waals surface area contributed by atoms with Crippen molar-refractivity contribution in [3.05, 3.63) is 17.5 Å². The van der Waals surface area contributed by atoms with Gasteiger partial charge >= 0.3 is 5.97 Å². The third-order valence-electron chi connectivity index (χ3n) is 2.92. The van der Waals surface area contributed by atoms with Gasteiger partial charge in [0.25, 0.3) is 0 Å². The fraction of sp³-hybridized carbons (Fsp3) is 0.600. The second-order valence-corrected chi connectivity index (χ2v) is 3.95. The van der Waals surface area contributed by atoms with E-state index in [0.717, 1.165) is 19.3 Å². The number of aliphatic carboxylic acids is 1. The van der Waals surface area contributed by atoms with Crippen LogP contribution in [0, 0.1) is 5.92 Å². The van der Waals surface area contributed by atoms with E-state index >= 15 is 0 Å². The lowest BCUT2D eigenvalue weighted by Gasteiger charge is -2.20. The highest BCUT2D eigenvalue weighted by Crippen LogP contribution is 2.26. The van der Waals surface area contributed by atoms with Crippen LogP contribution in [0.3, 0.4) is 0 Å². The molecule has 0 spiro atoms. The fourth-order valence-corrected chi connectivity index (χ4v) is 2.14. The molecule has 0 amide bonds. The summed E-state index contributed by atoms with van der Waals surface area (Å²) in [5.41, 5.74) is 2.50. The number of hydrogen-bond donors (Lipinski definition) is 1. The van der Waals surface area contributed by atoms with Gasteiger partial charge in [-0.25, -0.2) is 0 Å². The Balaban J connectivity index is 2.12. The molecule has 0 radical (unpaired) electrons. The van der Waals surface area contributed by atoms with E-state index in [1.807, 2.05) is 17.9 Å². The van der Waals surface area contributed by atoms with Crippen LogP contribution in [0.1, 0.15) is 24.1 Å². The van der Waals surface area contributed by atoms with Gasteiger partial charge < -0.3 is 5.11 Å². The summed E-state index contributed by atoms with van der Waals surface area (Å²) in [6.07, 6.45) is 4.99. The lowest BCUT2D eigenvalue weighted by atomic mass is 9.86. The molecule has 14 heavy (non-hydrogen) atoms. The molecule has 4 nitrogen and oxygen atoms in total. The van der Waals surface area contributed by atoms with Gasteiger partial charge in [-0.15, -0.1) is 0 Å². The third-order valence-corrected chi connectivity index (χ3v) is 2.92. The van der Waals surface area contributed by atoms with Crippen molar-refractivity contribution in [2.24, 2.45) is 13.0 Å². The first kappa shape index (κ1) is 9.24. The molecule has 0 bridgehead atoms. The van der Waals surface area contributed by atoms with Gasteiger partial charge in [-0.2, -0.15) is 5.10 Å². The minimum Gasteiger partial charge on any atom is -0.481 e. The quantitative estimate of drug-likeness (QED) is 0.764. The van der Waals surface area contributed by atoms with Crippen LogP contribution >= 0.6 is 0 Å². The van der Waals surface area contributed by atoms with Crippen LogP contribution in [0.15, 0.2) is 6.20 Å². The molecule has 1 aliphatic carbocycles. The molecule has 1 aliphatic rings. The molecule has 1 aromatic rings. The summed E-state index contributed by atoms with van der Waals surface area (Å²) in [4.78, 5) is 10.6. The normalized spacial score (nSPS) is 20.5. The topological polar surface area (TPSA) is 55.1 Å². The van der Waals surface area contributed by atoms with E-state index in [1.54, 1.807) is 0 Å². The van der Waals surface area contributed by atoms with Crippen LogP contribution in [0.4, 0.5) is 0 Å². The molecule has 1 N–H and O–H groups in total. The SMILES string of the molecule is Cn1ncc2c1CC(CC(=O)O)CC2. The predicted molar refractivity (Wildman–Crippen MR) is 51.0 cm³/mol. The largest absolute Gasteiger partial charge is 0.481 e. The number of aromatic nitrogens is 2. The van der Waals surface area contributed by atoms with Gasteiger partial charge in [0.15, 0.2) is 0 Å². The summed E-state index contributed by atoms with van der Waals surface area (Å²) in [5, 5.41) is 12.9. The number of rotatable bonds is 2. The van der Waals surface area contributed by atoms with Gasteiger partial charge in [0.1, 0.15) is 0 Å². The second kappa shape index (κ2) is 3.44. The first-order valence-corrected chi connectivity index (χ1v) is 4.88. The van der Waals surface area contributed by atoms with E-state index in [4.69, 9.17) is 5.11 Å². The Labute approximate surface area is 82.5 Å². The summed E-state index contributed by atoms with van der Waals surface area (Å²) in [7, 11) is 1.92. The first-order chi connectivity index (χ1) is 6.66. The molecule has 1 heterocycles. The maximum absolute atomic E-state index is 10.6. The average molecular weight is 194 g/mol. The smallest absolute Gasteiger partial charge is 0.303 e. The highest BCUT2D eigenvalue weighted by Gasteiger charge is 2.23. The summed E-state index contributed by atoms with van der Waals surface area (Å²) in [6.45, 7) is 0. The minimum atomic E-state index is -0.694. The highest BCUT2D eigenvalue weighted by atomic mass is 16.4. The molecule has 1 atom stereocenters. The van der Waals surface area contributed by atoms with Crippen molar-refractivity contribution in [3.8, 4) is 0 Å². The molecular weight excluding hydrogens is 180 g/mol. The number of carboxylic acid groups (broad SMARTS) is 1. The molecule has 4 heteroatoms. The van der Waals surface area contributed by atoms with Gasteiger partial charge in [0, 0.05) is 19.2 Å². The van der Waals surface area contributed by atoms with Crippen molar-refractivity contribution < 1.29 is 9.90 Å². The van der Waals surface area contributed by atoms with Gasteiger partial charge in [-0.1, -0.05) is 0 Å². The molecule has 0 aromatic carbocycles. The lowest BCUT2D eigenvalue weighted by molar-refractivity contribution is -0.138. The van der Waals surface area contributed by atoms with Crippen LogP contribution in [-0.2, 0) is 24.7 Å². The molecule has 76 valence electrons. The van der Waals surface area contributed by atoms with Crippen molar-refractivity contribution >= 4 is 5.97 Å². The van der Waals surface area contributed by atoms with E-state index in [9.17, 15) is 4.79 Å².